The average Bonchev–Trinajstić information content (AvgIpc) is 3.34. The van der Waals surface area contributed by atoms with Crippen LogP contribution in [-0.2, 0) is 19.2 Å². The molecule has 0 bridgehead atoms. The van der Waals surface area contributed by atoms with Crippen LogP contribution < -0.4 is 39.3 Å². The first-order valence-corrected chi connectivity index (χ1v) is 13.0. The van der Waals surface area contributed by atoms with Crippen molar-refractivity contribution in [2.24, 2.45) is 33.7 Å². The van der Waals surface area contributed by atoms with Gasteiger partial charge in [-0.3, -0.25) is 19.4 Å². The maximum atomic E-state index is 13.5. The highest BCUT2D eigenvalue weighted by molar-refractivity contribution is 5.94. The van der Waals surface area contributed by atoms with Crippen molar-refractivity contribution in [3.8, 4) is 0 Å². The quantitative estimate of drug-likeness (QED) is 0.0535. The van der Waals surface area contributed by atoms with Gasteiger partial charge in [0.15, 0.2) is 5.96 Å². The highest BCUT2D eigenvalue weighted by Gasteiger charge is 2.38. The minimum absolute atomic E-state index is 0.0791. The topological polar surface area (TPSA) is 258 Å². The molecule has 1 aliphatic heterocycles. The molecule has 212 valence electrons. The molecule has 1 aliphatic rings. The third-order valence-electron chi connectivity index (χ3n) is 6.27. The summed E-state index contributed by atoms with van der Waals surface area (Å²) in [4.78, 5) is 56.1. The van der Waals surface area contributed by atoms with Crippen molar-refractivity contribution in [3.05, 3.63) is 0 Å². The molecular weight excluding hydrogens is 482 g/mol. The van der Waals surface area contributed by atoms with Gasteiger partial charge in [-0.15, -0.1) is 0 Å². The number of nitrogens with one attached hydrogen (secondary N) is 2. The van der Waals surface area contributed by atoms with Crippen LogP contribution in [-0.4, -0.2) is 90.0 Å². The number of hydrogen-bond donors (Lipinski definition) is 8. The number of carboxylic acids is 1. The summed E-state index contributed by atoms with van der Waals surface area (Å²) in [6.07, 6.45) is 4.87. The molecule has 0 aromatic rings. The number of carboxylic acid groups (broad SMARTS) is 1. The lowest BCUT2D eigenvalue weighted by molar-refractivity contribution is -0.145. The van der Waals surface area contributed by atoms with Gasteiger partial charge in [0.25, 0.3) is 0 Å². The van der Waals surface area contributed by atoms with E-state index in [9.17, 15) is 24.3 Å². The van der Waals surface area contributed by atoms with Crippen LogP contribution in [0.3, 0.4) is 0 Å². The summed E-state index contributed by atoms with van der Waals surface area (Å²) in [5.74, 6) is -2.66. The number of aliphatic carboxylic acids is 1. The molecule has 13 N–H and O–H groups in total. The Labute approximate surface area is 218 Å². The third-order valence-corrected chi connectivity index (χ3v) is 6.27. The molecule has 4 atom stereocenters. The first-order valence-electron chi connectivity index (χ1n) is 13.0. The van der Waals surface area contributed by atoms with E-state index >= 15 is 0 Å². The van der Waals surface area contributed by atoms with Gasteiger partial charge in [-0.05, 0) is 70.9 Å². The lowest BCUT2D eigenvalue weighted by Gasteiger charge is -2.30. The number of nitrogens with zero attached hydrogens (tertiary/aromatic N) is 2. The highest BCUT2D eigenvalue weighted by Crippen LogP contribution is 2.20. The summed E-state index contributed by atoms with van der Waals surface area (Å²) in [5, 5.41) is 14.8. The Morgan fingerprint density at radius 1 is 0.919 bits per heavy atom. The minimum atomic E-state index is -1.14. The molecule has 14 nitrogen and oxygen atoms in total. The van der Waals surface area contributed by atoms with E-state index in [-0.39, 0.29) is 25.3 Å². The summed E-state index contributed by atoms with van der Waals surface area (Å²) in [5.41, 5.74) is 27.7. The standard InChI is InChI=1S/C23H45N9O5/c24-11-3-1-7-15(26)19(33)30-16(9-5-13-29-23(27)28)21(35)32-14-6-10-18(32)20(34)31-17(22(36)37)8-2-4-12-25/h15-18H,1-14,24-26H2,(H,30,33)(H,31,34)(H,36,37)(H4,27,28,29). The molecule has 37 heavy (non-hydrogen) atoms. The van der Waals surface area contributed by atoms with Crippen molar-refractivity contribution in [3.63, 3.8) is 0 Å². The van der Waals surface area contributed by atoms with E-state index in [1.165, 1.54) is 4.90 Å². The Bertz CT molecular complexity index is 776. The van der Waals surface area contributed by atoms with E-state index < -0.39 is 47.9 Å². The van der Waals surface area contributed by atoms with Crippen LogP contribution in [0.1, 0.15) is 64.2 Å². The molecule has 0 spiro atoms. The van der Waals surface area contributed by atoms with Crippen LogP contribution in [0.15, 0.2) is 4.99 Å². The smallest absolute Gasteiger partial charge is 0.326 e. The number of amides is 3. The number of hydrogen-bond acceptors (Lipinski definition) is 8. The van der Waals surface area contributed by atoms with Crippen LogP contribution in [0.2, 0.25) is 0 Å². The summed E-state index contributed by atoms with van der Waals surface area (Å²) < 4.78 is 0. The van der Waals surface area contributed by atoms with Crippen molar-refractivity contribution in [2.45, 2.75) is 88.4 Å². The number of likely N-dealkylation sites (tertiary alicyclic amines) is 1. The molecular formula is C23H45N9O5. The first kappa shape index (κ1) is 32.1. The maximum absolute atomic E-state index is 13.5. The van der Waals surface area contributed by atoms with Crippen molar-refractivity contribution in [1.82, 2.24) is 15.5 Å². The molecule has 0 aromatic heterocycles. The molecule has 1 heterocycles. The molecule has 0 aliphatic carbocycles. The van der Waals surface area contributed by atoms with E-state index in [2.05, 4.69) is 15.6 Å². The second kappa shape index (κ2) is 17.5. The van der Waals surface area contributed by atoms with Crippen LogP contribution in [0.5, 0.6) is 0 Å². The second-order valence-electron chi connectivity index (χ2n) is 9.27. The molecule has 3 amide bonds. The molecule has 0 aromatic carbocycles. The zero-order valence-electron chi connectivity index (χ0n) is 21.6. The molecule has 1 saturated heterocycles. The number of carbonyl (C=O) groups excluding carboxylic acids is 3. The van der Waals surface area contributed by atoms with Gasteiger partial charge in [0.1, 0.15) is 18.1 Å². The number of aliphatic imine (C=N–C) groups is 1. The van der Waals surface area contributed by atoms with Gasteiger partial charge in [0.05, 0.1) is 6.04 Å². The van der Waals surface area contributed by atoms with Crippen LogP contribution >= 0.6 is 0 Å². The van der Waals surface area contributed by atoms with Gasteiger partial charge in [-0.1, -0.05) is 6.42 Å². The molecule has 1 rings (SSSR count). The van der Waals surface area contributed by atoms with Crippen LogP contribution in [0, 0.1) is 0 Å². The summed E-state index contributed by atoms with van der Waals surface area (Å²) in [6.45, 7) is 1.49. The molecule has 4 unspecified atom stereocenters. The van der Waals surface area contributed by atoms with Crippen molar-refractivity contribution >= 4 is 29.7 Å². The van der Waals surface area contributed by atoms with Gasteiger partial charge in [-0.25, -0.2) is 4.79 Å². The molecule has 14 heteroatoms. The Balaban J connectivity index is 2.92. The van der Waals surface area contributed by atoms with E-state index in [0.29, 0.717) is 64.6 Å². The van der Waals surface area contributed by atoms with Crippen LogP contribution in [0.4, 0.5) is 0 Å². The fraction of sp³-hybridized carbons (Fsp3) is 0.783. The number of unbranched alkanes of at least 4 members (excludes halogenated alkanes) is 2. The third kappa shape index (κ3) is 11.7. The van der Waals surface area contributed by atoms with E-state index in [4.69, 9.17) is 28.7 Å². The number of carbonyl (C=O) groups is 4. The van der Waals surface area contributed by atoms with Gasteiger partial charge in [-0.2, -0.15) is 0 Å². The Morgan fingerprint density at radius 3 is 2.14 bits per heavy atom. The monoisotopic (exact) mass is 527 g/mol. The van der Waals surface area contributed by atoms with E-state index in [1.807, 2.05) is 0 Å². The predicted octanol–water partition coefficient (Wildman–Crippen LogP) is -2.33. The number of rotatable bonds is 18. The lowest BCUT2D eigenvalue weighted by Crippen LogP contribution is -2.56. The fourth-order valence-electron chi connectivity index (χ4n) is 4.20. The lowest BCUT2D eigenvalue weighted by atomic mass is 10.1. The minimum Gasteiger partial charge on any atom is -0.480 e. The molecule has 0 radical (unpaired) electrons. The Kier molecular flexibility index (Phi) is 15.1. The normalized spacial score (nSPS) is 17.5. The van der Waals surface area contributed by atoms with Gasteiger partial charge < -0.3 is 49.3 Å². The first-order chi connectivity index (χ1) is 17.6. The molecule has 1 fully saturated rings. The highest BCUT2D eigenvalue weighted by atomic mass is 16.4. The predicted molar refractivity (Wildman–Crippen MR) is 140 cm³/mol. The largest absolute Gasteiger partial charge is 0.480 e. The van der Waals surface area contributed by atoms with Crippen LogP contribution in [0.25, 0.3) is 0 Å². The van der Waals surface area contributed by atoms with Gasteiger partial charge >= 0.3 is 5.97 Å². The maximum Gasteiger partial charge on any atom is 0.326 e. The Hall–Kier alpha value is -2.97. The van der Waals surface area contributed by atoms with Gasteiger partial charge in [0, 0.05) is 13.1 Å². The SMILES string of the molecule is NCCCCC(N)C(=O)NC(CCCN=C(N)N)C(=O)N1CCCC1C(=O)NC(CCCCN)C(=O)O. The zero-order chi connectivity index (χ0) is 27.8. The molecule has 0 saturated carbocycles. The zero-order valence-corrected chi connectivity index (χ0v) is 21.6. The number of nitrogens with two attached hydrogens (primary N) is 5. The summed E-state index contributed by atoms with van der Waals surface area (Å²) in [7, 11) is 0. The van der Waals surface area contributed by atoms with E-state index in [0.717, 1.165) is 6.42 Å². The fourth-order valence-corrected chi connectivity index (χ4v) is 4.20. The van der Waals surface area contributed by atoms with Gasteiger partial charge in [0.2, 0.25) is 17.7 Å². The average molecular weight is 528 g/mol. The summed E-state index contributed by atoms with van der Waals surface area (Å²) in [6, 6.07) is -3.64. The van der Waals surface area contributed by atoms with E-state index in [1.54, 1.807) is 0 Å². The second-order valence-corrected chi connectivity index (χ2v) is 9.27. The van der Waals surface area contributed by atoms with Crippen molar-refractivity contribution in [2.75, 3.05) is 26.2 Å². The van der Waals surface area contributed by atoms with Crippen molar-refractivity contribution in [1.29, 1.82) is 0 Å². The summed E-state index contributed by atoms with van der Waals surface area (Å²) >= 11 is 0. The Morgan fingerprint density at radius 2 is 1.54 bits per heavy atom. The number of guanidine groups is 1. The van der Waals surface area contributed by atoms with Crippen molar-refractivity contribution < 1.29 is 24.3 Å².